The lowest BCUT2D eigenvalue weighted by atomic mass is 10.2. The van der Waals surface area contributed by atoms with Crippen LogP contribution in [0.4, 0.5) is 5.69 Å². The maximum absolute atomic E-state index is 12.1. The first-order chi connectivity index (χ1) is 9.58. The second-order valence-electron chi connectivity index (χ2n) is 4.36. The zero-order valence-corrected chi connectivity index (χ0v) is 12.2. The SMILES string of the molecule is CCNC(=O)CCNC(=O)c1cnc(C)cc1NCC. The molecule has 0 aliphatic carbocycles. The van der Waals surface area contributed by atoms with Crippen LogP contribution in [0.3, 0.4) is 0 Å². The molecule has 20 heavy (non-hydrogen) atoms. The van der Waals surface area contributed by atoms with Crippen LogP contribution in [-0.2, 0) is 4.79 Å². The minimum absolute atomic E-state index is 0.0678. The van der Waals surface area contributed by atoms with Gasteiger partial charge in [-0.3, -0.25) is 14.6 Å². The van der Waals surface area contributed by atoms with Crippen molar-refractivity contribution in [2.45, 2.75) is 27.2 Å². The Bertz CT molecular complexity index is 474. The molecule has 3 N–H and O–H groups in total. The smallest absolute Gasteiger partial charge is 0.254 e. The number of hydrogen-bond donors (Lipinski definition) is 3. The van der Waals surface area contributed by atoms with Crippen molar-refractivity contribution < 1.29 is 9.59 Å². The number of hydrogen-bond acceptors (Lipinski definition) is 4. The van der Waals surface area contributed by atoms with Crippen LogP contribution in [0.1, 0.15) is 36.3 Å². The Morgan fingerprint density at radius 2 is 1.95 bits per heavy atom. The number of carbonyl (C=O) groups excluding carboxylic acids is 2. The van der Waals surface area contributed by atoms with Gasteiger partial charge in [0.1, 0.15) is 0 Å². The van der Waals surface area contributed by atoms with E-state index in [0.717, 1.165) is 17.9 Å². The molecule has 0 aliphatic rings. The molecule has 0 unspecified atom stereocenters. The number of amides is 2. The molecule has 0 spiro atoms. The van der Waals surface area contributed by atoms with Gasteiger partial charge in [0.2, 0.25) is 5.91 Å². The molecule has 6 heteroatoms. The van der Waals surface area contributed by atoms with E-state index in [2.05, 4.69) is 20.9 Å². The lowest BCUT2D eigenvalue weighted by Gasteiger charge is -2.11. The summed E-state index contributed by atoms with van der Waals surface area (Å²) in [6.45, 7) is 7.33. The average Bonchev–Trinajstić information content (AvgIpc) is 2.39. The van der Waals surface area contributed by atoms with Gasteiger partial charge in [-0.25, -0.2) is 0 Å². The highest BCUT2D eigenvalue weighted by molar-refractivity contribution is 5.99. The molecule has 0 radical (unpaired) electrons. The van der Waals surface area contributed by atoms with Gasteiger partial charge in [0.15, 0.2) is 0 Å². The largest absolute Gasteiger partial charge is 0.385 e. The van der Waals surface area contributed by atoms with Crippen molar-refractivity contribution >= 4 is 17.5 Å². The zero-order valence-electron chi connectivity index (χ0n) is 12.2. The summed E-state index contributed by atoms with van der Waals surface area (Å²) in [7, 11) is 0. The van der Waals surface area contributed by atoms with E-state index < -0.39 is 0 Å². The number of nitrogens with one attached hydrogen (secondary N) is 3. The topological polar surface area (TPSA) is 83.1 Å². The van der Waals surface area contributed by atoms with E-state index in [1.165, 1.54) is 0 Å². The van der Waals surface area contributed by atoms with Gasteiger partial charge in [0.25, 0.3) is 5.91 Å². The Morgan fingerprint density at radius 3 is 2.60 bits per heavy atom. The van der Waals surface area contributed by atoms with Crippen LogP contribution in [0.2, 0.25) is 0 Å². The molecule has 1 heterocycles. The molecule has 2 amide bonds. The van der Waals surface area contributed by atoms with E-state index in [-0.39, 0.29) is 18.2 Å². The van der Waals surface area contributed by atoms with Crippen LogP contribution >= 0.6 is 0 Å². The van der Waals surface area contributed by atoms with Gasteiger partial charge in [-0.2, -0.15) is 0 Å². The number of rotatable bonds is 7. The molecule has 110 valence electrons. The Morgan fingerprint density at radius 1 is 1.20 bits per heavy atom. The molecule has 6 nitrogen and oxygen atoms in total. The normalized spacial score (nSPS) is 9.95. The summed E-state index contributed by atoms with van der Waals surface area (Å²) in [6.07, 6.45) is 1.82. The van der Waals surface area contributed by atoms with Crippen molar-refractivity contribution in [2.75, 3.05) is 25.0 Å². The number of anilines is 1. The van der Waals surface area contributed by atoms with E-state index >= 15 is 0 Å². The van der Waals surface area contributed by atoms with E-state index in [9.17, 15) is 9.59 Å². The van der Waals surface area contributed by atoms with E-state index in [0.29, 0.717) is 18.7 Å². The molecular weight excluding hydrogens is 256 g/mol. The van der Waals surface area contributed by atoms with Crippen LogP contribution in [-0.4, -0.2) is 36.4 Å². The van der Waals surface area contributed by atoms with E-state index in [1.807, 2.05) is 26.8 Å². The first-order valence-electron chi connectivity index (χ1n) is 6.83. The number of aryl methyl sites for hydroxylation is 1. The van der Waals surface area contributed by atoms with Gasteiger partial charge in [0, 0.05) is 37.9 Å². The Hall–Kier alpha value is -2.11. The molecular formula is C14H22N4O2. The predicted molar refractivity (Wildman–Crippen MR) is 78.8 cm³/mol. The third kappa shape index (κ3) is 4.87. The molecule has 0 fully saturated rings. The molecule has 0 saturated carbocycles. The number of nitrogens with zero attached hydrogens (tertiary/aromatic N) is 1. The quantitative estimate of drug-likeness (QED) is 0.697. The molecule has 0 aromatic carbocycles. The maximum atomic E-state index is 12.1. The summed E-state index contributed by atoms with van der Waals surface area (Å²) in [4.78, 5) is 27.5. The minimum atomic E-state index is -0.224. The monoisotopic (exact) mass is 278 g/mol. The summed E-state index contributed by atoms with van der Waals surface area (Å²) < 4.78 is 0. The molecule has 0 atom stereocenters. The lowest BCUT2D eigenvalue weighted by molar-refractivity contribution is -0.120. The van der Waals surface area contributed by atoms with Crippen LogP contribution < -0.4 is 16.0 Å². The van der Waals surface area contributed by atoms with Crippen molar-refractivity contribution in [2.24, 2.45) is 0 Å². The molecule has 0 bridgehead atoms. The summed E-state index contributed by atoms with van der Waals surface area (Å²) in [5.74, 6) is -0.292. The fraction of sp³-hybridized carbons (Fsp3) is 0.500. The van der Waals surface area contributed by atoms with Gasteiger partial charge in [0.05, 0.1) is 11.3 Å². The number of pyridine rings is 1. The number of aromatic nitrogens is 1. The first-order valence-corrected chi connectivity index (χ1v) is 6.83. The van der Waals surface area contributed by atoms with Crippen LogP contribution in [0.25, 0.3) is 0 Å². The molecule has 0 aliphatic heterocycles. The highest BCUT2D eigenvalue weighted by Gasteiger charge is 2.12. The van der Waals surface area contributed by atoms with E-state index in [4.69, 9.17) is 0 Å². The van der Waals surface area contributed by atoms with E-state index in [1.54, 1.807) is 6.20 Å². The van der Waals surface area contributed by atoms with Gasteiger partial charge in [-0.1, -0.05) is 0 Å². The standard InChI is InChI=1S/C14H22N4O2/c1-4-15-12-8-10(3)18-9-11(12)14(20)17-7-6-13(19)16-5-2/h8-9H,4-7H2,1-3H3,(H,15,18)(H,16,19)(H,17,20). The van der Waals surface area contributed by atoms with Crippen molar-refractivity contribution in [3.8, 4) is 0 Å². The third-order valence-corrected chi connectivity index (χ3v) is 2.66. The molecule has 1 aromatic rings. The molecule has 0 saturated heterocycles. The minimum Gasteiger partial charge on any atom is -0.385 e. The van der Waals surface area contributed by atoms with Gasteiger partial charge >= 0.3 is 0 Å². The molecule has 1 rings (SSSR count). The van der Waals surface area contributed by atoms with Crippen LogP contribution in [0.15, 0.2) is 12.3 Å². The molecule has 1 aromatic heterocycles. The van der Waals surface area contributed by atoms with Crippen LogP contribution in [0.5, 0.6) is 0 Å². The highest BCUT2D eigenvalue weighted by atomic mass is 16.2. The Balaban J connectivity index is 2.61. The first kappa shape index (κ1) is 15.9. The maximum Gasteiger partial charge on any atom is 0.254 e. The Kier molecular flexibility index (Phi) is 6.49. The number of carbonyl (C=O) groups is 2. The predicted octanol–water partition coefficient (Wildman–Crippen LogP) is 1.08. The fourth-order valence-corrected chi connectivity index (χ4v) is 1.75. The van der Waals surface area contributed by atoms with Gasteiger partial charge in [-0.05, 0) is 26.8 Å². The van der Waals surface area contributed by atoms with Gasteiger partial charge < -0.3 is 16.0 Å². The summed E-state index contributed by atoms with van der Waals surface area (Å²) in [6, 6.07) is 1.84. The Labute approximate surface area is 119 Å². The van der Waals surface area contributed by atoms with Crippen molar-refractivity contribution in [1.29, 1.82) is 0 Å². The summed E-state index contributed by atoms with van der Waals surface area (Å²) in [5, 5.41) is 8.55. The van der Waals surface area contributed by atoms with Crippen LogP contribution in [0, 0.1) is 6.92 Å². The average molecular weight is 278 g/mol. The fourth-order valence-electron chi connectivity index (χ4n) is 1.75. The summed E-state index contributed by atoms with van der Waals surface area (Å²) in [5.41, 5.74) is 2.10. The second kappa shape index (κ2) is 8.14. The van der Waals surface area contributed by atoms with Crippen molar-refractivity contribution in [3.63, 3.8) is 0 Å². The van der Waals surface area contributed by atoms with Crippen molar-refractivity contribution in [3.05, 3.63) is 23.5 Å². The second-order valence-corrected chi connectivity index (χ2v) is 4.36. The lowest BCUT2D eigenvalue weighted by Crippen LogP contribution is -2.31. The third-order valence-electron chi connectivity index (χ3n) is 2.66. The summed E-state index contributed by atoms with van der Waals surface area (Å²) >= 11 is 0. The zero-order chi connectivity index (χ0) is 15.0. The highest BCUT2D eigenvalue weighted by Crippen LogP contribution is 2.15. The van der Waals surface area contributed by atoms with Gasteiger partial charge in [-0.15, -0.1) is 0 Å². The van der Waals surface area contributed by atoms with Crippen molar-refractivity contribution in [1.82, 2.24) is 15.6 Å².